The fraction of sp³-hybridized carbons (Fsp3) is 0. The summed E-state index contributed by atoms with van der Waals surface area (Å²) < 4.78 is 28.0. The van der Waals surface area contributed by atoms with E-state index in [4.69, 9.17) is 28.3 Å². The molecule has 4 rings (SSSR count). The number of benzene rings is 2. The average molecular weight is 562 g/mol. The number of carbonyl (C=O) groups is 1. The van der Waals surface area contributed by atoms with Crippen molar-refractivity contribution in [2.45, 2.75) is 5.03 Å². The second-order valence-electron chi connectivity index (χ2n) is 6.39. The third-order valence-corrected chi connectivity index (χ3v) is 6.27. The molecule has 159 valence electrons. The van der Waals surface area contributed by atoms with Gasteiger partial charge >= 0.3 is 198 Å². The van der Waals surface area contributed by atoms with Crippen molar-refractivity contribution in [2.24, 2.45) is 5.14 Å². The molecule has 0 saturated heterocycles. The number of primary sulfonamides is 1. The molecule has 0 radical (unpaired) electrons. The number of rotatable bonds is 4. The van der Waals surface area contributed by atoms with Crippen LogP contribution in [-0.2, 0) is 28.6 Å². The van der Waals surface area contributed by atoms with Crippen molar-refractivity contribution in [3.05, 3.63) is 70.3 Å². The Kier molecular flexibility index (Phi) is 5.85. The van der Waals surface area contributed by atoms with Crippen molar-refractivity contribution in [1.29, 1.82) is 0 Å². The van der Waals surface area contributed by atoms with Crippen LogP contribution in [0.25, 0.3) is 28.0 Å². The summed E-state index contributed by atoms with van der Waals surface area (Å²) in [6.07, 6.45) is 1.51. The van der Waals surface area contributed by atoms with Gasteiger partial charge in [-0.2, -0.15) is 0 Å². The second kappa shape index (κ2) is 8.29. The first kappa shape index (κ1) is 21.9. The van der Waals surface area contributed by atoms with Crippen molar-refractivity contribution in [3.63, 3.8) is 0 Å². The molecule has 0 saturated carbocycles. The molecular weight excluding hydrogens is 550 g/mol. The number of hydrogen-bond donors (Lipinski definition) is 2. The summed E-state index contributed by atoms with van der Waals surface area (Å²) in [5.41, 5.74) is 2.09. The number of aromatic nitrogens is 3. The molecule has 1 amide bonds. The topological polar surface area (TPSA) is 119 Å². The van der Waals surface area contributed by atoms with Gasteiger partial charge in [-0.3, -0.25) is 0 Å². The average Bonchev–Trinajstić information content (AvgIpc) is 3.14. The van der Waals surface area contributed by atoms with Gasteiger partial charge in [-0.05, 0) is 0 Å². The van der Waals surface area contributed by atoms with E-state index < -0.39 is 21.0 Å². The van der Waals surface area contributed by atoms with Crippen LogP contribution < -0.4 is 9.20 Å². The van der Waals surface area contributed by atoms with Crippen molar-refractivity contribution in [1.82, 2.24) is 18.7 Å². The standard InChI is InChI=1S/C19H13Cl2N5O3S.Ru/c20-11-7-5-10(6-8-11)16-13(12-3-1-2-4-14(12)21)9-24-18-15(17(22)27)19(25-26(16)18)30(23,28)29;/h1-9H,(H4,22,23,27,28,29);/q;+1/p-1. The van der Waals surface area contributed by atoms with Gasteiger partial charge in [0.05, 0.1) is 0 Å². The summed E-state index contributed by atoms with van der Waals surface area (Å²) in [5.74, 6) is -0.713. The molecule has 0 bridgehead atoms. The Morgan fingerprint density at radius 3 is 2.35 bits per heavy atom. The number of nitrogens with two attached hydrogens (primary N) is 1. The maximum atomic E-state index is 12.5. The molecule has 0 atom stereocenters. The molecule has 8 nitrogen and oxygen atoms in total. The number of hydrogen-bond acceptors (Lipinski definition) is 5. The fourth-order valence-electron chi connectivity index (χ4n) is 3.17. The van der Waals surface area contributed by atoms with Crippen LogP contribution in [0.15, 0.2) is 59.8 Å². The number of fused-ring (bicyclic) bond motifs is 1. The number of amides is 1. The van der Waals surface area contributed by atoms with E-state index in [9.17, 15) is 13.2 Å². The first-order valence-electron chi connectivity index (χ1n) is 8.57. The molecule has 4 aromatic rings. The van der Waals surface area contributed by atoms with E-state index in [1.807, 2.05) is 24.6 Å². The normalized spacial score (nSPS) is 11.6. The predicted molar refractivity (Wildman–Crippen MR) is 113 cm³/mol. The predicted octanol–water partition coefficient (Wildman–Crippen LogP) is 3.21. The first-order valence-corrected chi connectivity index (χ1v) is 11.7. The minimum absolute atomic E-state index is 0.0204. The van der Waals surface area contributed by atoms with Gasteiger partial charge < -0.3 is 0 Å². The molecule has 0 spiro atoms. The zero-order valence-corrected chi connectivity index (χ0v) is 19.4. The Hall–Kier alpha value is -2.36. The zero-order valence-electron chi connectivity index (χ0n) is 15.4. The van der Waals surface area contributed by atoms with Crippen LogP contribution in [0.2, 0.25) is 10.0 Å². The van der Waals surface area contributed by atoms with Crippen LogP contribution in [0.4, 0.5) is 0 Å². The fourth-order valence-corrected chi connectivity index (χ4v) is 4.41. The molecule has 3 N–H and O–H groups in total. The molecule has 31 heavy (non-hydrogen) atoms. The van der Waals surface area contributed by atoms with Crippen molar-refractivity contribution < 1.29 is 31.8 Å². The van der Waals surface area contributed by atoms with Crippen LogP contribution in [0.1, 0.15) is 10.4 Å². The second-order valence-corrected chi connectivity index (χ2v) is 9.14. The summed E-state index contributed by atoms with van der Waals surface area (Å²) in [7, 11) is -4.33. The van der Waals surface area contributed by atoms with Crippen LogP contribution in [-0.4, -0.2) is 28.9 Å². The van der Waals surface area contributed by atoms with Gasteiger partial charge in [0, 0.05) is 0 Å². The number of nitrogens with zero attached hydrogens (tertiary/aromatic N) is 3. The molecule has 2 aromatic carbocycles. The van der Waals surface area contributed by atoms with E-state index in [2.05, 4.69) is 14.1 Å². The Labute approximate surface area is 197 Å². The van der Waals surface area contributed by atoms with Crippen molar-refractivity contribution in [2.75, 3.05) is 0 Å². The van der Waals surface area contributed by atoms with E-state index in [-0.39, 0.29) is 11.2 Å². The van der Waals surface area contributed by atoms with Gasteiger partial charge in [-0.25, -0.2) is 0 Å². The van der Waals surface area contributed by atoms with Gasteiger partial charge in [0.1, 0.15) is 0 Å². The van der Waals surface area contributed by atoms with Gasteiger partial charge in [-0.15, -0.1) is 0 Å². The molecule has 0 aliphatic rings. The van der Waals surface area contributed by atoms with Crippen LogP contribution in [0, 0.1) is 0 Å². The monoisotopic (exact) mass is 562 g/mol. The molecule has 2 heterocycles. The molecule has 0 fully saturated rings. The molecule has 0 unspecified atom stereocenters. The van der Waals surface area contributed by atoms with E-state index >= 15 is 0 Å². The van der Waals surface area contributed by atoms with Gasteiger partial charge in [-0.1, -0.05) is 0 Å². The van der Waals surface area contributed by atoms with Gasteiger partial charge in [0.15, 0.2) is 0 Å². The number of halogens is 2. The molecule has 0 aliphatic heterocycles. The SMILES string of the molecule is NS(=O)(=O)c1nn2c(-c3ccc(Cl)cc3)c(-c3ccccc3Cl)cnc2c1C(=O)[NH][Ru]. The number of nitrogens with one attached hydrogen (secondary N) is 1. The van der Waals surface area contributed by atoms with E-state index in [1.54, 1.807) is 42.5 Å². The Balaban J connectivity index is 2.18. The summed E-state index contributed by atoms with van der Waals surface area (Å²) in [5, 5.41) is 9.89. The number of sulfonamides is 1. The van der Waals surface area contributed by atoms with Crippen LogP contribution in [0.3, 0.4) is 0 Å². The van der Waals surface area contributed by atoms with E-state index in [0.717, 1.165) is 0 Å². The summed E-state index contributed by atoms with van der Waals surface area (Å²) in [4.78, 5) is 16.8. The zero-order chi connectivity index (χ0) is 22.3. The molecular formula is C19H12Cl2N5O3RuS. The van der Waals surface area contributed by atoms with Crippen LogP contribution >= 0.6 is 23.2 Å². The first-order chi connectivity index (χ1) is 14.7. The third kappa shape index (κ3) is 3.97. The Morgan fingerprint density at radius 2 is 1.74 bits per heavy atom. The third-order valence-electron chi connectivity index (χ3n) is 4.47. The van der Waals surface area contributed by atoms with E-state index in [0.29, 0.717) is 32.4 Å². The van der Waals surface area contributed by atoms with Crippen molar-refractivity contribution in [3.8, 4) is 22.4 Å². The van der Waals surface area contributed by atoms with Gasteiger partial charge in [0.2, 0.25) is 0 Å². The summed E-state index contributed by atoms with van der Waals surface area (Å²) in [6.45, 7) is 0. The van der Waals surface area contributed by atoms with Gasteiger partial charge in [0.25, 0.3) is 0 Å². The Morgan fingerprint density at radius 1 is 1.06 bits per heavy atom. The maximum absolute atomic E-state index is 12.5. The molecule has 0 aliphatic carbocycles. The number of carbonyl (C=O) groups excluding carboxylic acids is 1. The minimum atomic E-state index is -4.33. The summed E-state index contributed by atoms with van der Waals surface area (Å²) >= 11 is 14.4. The van der Waals surface area contributed by atoms with Crippen molar-refractivity contribution >= 4 is 44.8 Å². The summed E-state index contributed by atoms with van der Waals surface area (Å²) in [6, 6.07) is 14.0. The quantitative estimate of drug-likeness (QED) is 0.371. The molecule has 12 heteroatoms. The molecule has 2 aromatic heterocycles. The van der Waals surface area contributed by atoms with E-state index in [1.165, 1.54) is 10.7 Å². The van der Waals surface area contributed by atoms with Crippen LogP contribution in [0.5, 0.6) is 0 Å². The Bertz CT molecular complexity index is 1440.